The molecule has 2 rings (SSSR count). The first-order valence-electron chi connectivity index (χ1n) is 5.75. The van der Waals surface area contributed by atoms with Crippen molar-refractivity contribution >= 4 is 38.9 Å². The number of nitrogens with zero attached hydrogens (tertiary/aromatic N) is 1. The average Bonchev–Trinajstić information content (AvgIpc) is 2.60. The fraction of sp³-hybridized carbons (Fsp3) is 0.455. The van der Waals surface area contributed by atoms with E-state index in [-0.39, 0.29) is 21.0 Å². The van der Waals surface area contributed by atoms with Crippen LogP contribution in [0.2, 0.25) is 10.0 Å². The zero-order chi connectivity index (χ0) is 14.2. The van der Waals surface area contributed by atoms with Crippen molar-refractivity contribution in [1.29, 1.82) is 0 Å². The molecule has 0 spiro atoms. The minimum absolute atomic E-state index is 0.0313. The van der Waals surface area contributed by atoms with Crippen LogP contribution in [0, 0.1) is 0 Å². The zero-order valence-corrected chi connectivity index (χ0v) is 12.7. The molecule has 1 aliphatic heterocycles. The number of rotatable bonds is 3. The van der Waals surface area contributed by atoms with Gasteiger partial charge in [0.25, 0.3) is 0 Å². The van der Waals surface area contributed by atoms with Crippen molar-refractivity contribution in [2.75, 3.05) is 25.9 Å². The number of nitrogens with two attached hydrogens (primary N) is 1. The highest BCUT2D eigenvalue weighted by atomic mass is 35.5. The Morgan fingerprint density at radius 2 is 1.95 bits per heavy atom. The van der Waals surface area contributed by atoms with Crippen LogP contribution in [0.4, 0.5) is 5.69 Å². The second-order valence-electron chi connectivity index (χ2n) is 4.68. The summed E-state index contributed by atoms with van der Waals surface area (Å²) < 4.78 is 27.2. The molecule has 1 atom stereocenters. The number of hydrogen-bond donors (Lipinski definition) is 2. The molecule has 1 aromatic rings. The maximum absolute atomic E-state index is 12.3. The Kier molecular flexibility index (Phi) is 4.27. The van der Waals surface area contributed by atoms with Crippen LogP contribution in [0.3, 0.4) is 0 Å². The topological polar surface area (TPSA) is 75.4 Å². The molecule has 106 valence electrons. The van der Waals surface area contributed by atoms with Crippen LogP contribution in [-0.2, 0) is 10.0 Å². The summed E-state index contributed by atoms with van der Waals surface area (Å²) in [6.45, 7) is 1.53. The van der Waals surface area contributed by atoms with Gasteiger partial charge in [-0.05, 0) is 32.1 Å². The van der Waals surface area contributed by atoms with E-state index in [1.807, 2.05) is 7.05 Å². The highest BCUT2D eigenvalue weighted by Crippen LogP contribution is 2.32. The summed E-state index contributed by atoms with van der Waals surface area (Å²) in [5.74, 6) is 0. The van der Waals surface area contributed by atoms with E-state index in [9.17, 15) is 8.42 Å². The smallest absolute Gasteiger partial charge is 0.243 e. The number of sulfonamides is 1. The fourth-order valence-electron chi connectivity index (χ4n) is 2.15. The summed E-state index contributed by atoms with van der Waals surface area (Å²) >= 11 is 11.9. The maximum atomic E-state index is 12.3. The van der Waals surface area contributed by atoms with Gasteiger partial charge in [-0.25, -0.2) is 13.1 Å². The number of nitrogens with one attached hydrogen (secondary N) is 1. The van der Waals surface area contributed by atoms with Gasteiger partial charge in [-0.2, -0.15) is 0 Å². The van der Waals surface area contributed by atoms with E-state index in [1.165, 1.54) is 12.1 Å². The van der Waals surface area contributed by atoms with Crippen molar-refractivity contribution in [2.45, 2.75) is 17.4 Å². The van der Waals surface area contributed by atoms with Gasteiger partial charge in [-0.15, -0.1) is 0 Å². The van der Waals surface area contributed by atoms with E-state index >= 15 is 0 Å². The Balaban J connectivity index is 2.30. The molecule has 19 heavy (non-hydrogen) atoms. The Morgan fingerprint density at radius 1 is 1.37 bits per heavy atom. The molecule has 3 N–H and O–H groups in total. The van der Waals surface area contributed by atoms with Gasteiger partial charge in [0.2, 0.25) is 10.0 Å². The number of benzene rings is 1. The van der Waals surface area contributed by atoms with Crippen LogP contribution >= 0.6 is 23.2 Å². The Labute approximate surface area is 122 Å². The summed E-state index contributed by atoms with van der Waals surface area (Å²) in [5, 5.41) is 0.0627. The molecule has 0 saturated carbocycles. The second-order valence-corrected chi connectivity index (χ2v) is 7.15. The van der Waals surface area contributed by atoms with E-state index in [0.29, 0.717) is 12.2 Å². The maximum Gasteiger partial charge on any atom is 0.243 e. The molecule has 5 nitrogen and oxygen atoms in total. The van der Waals surface area contributed by atoms with Crippen molar-refractivity contribution in [1.82, 2.24) is 9.62 Å². The first-order chi connectivity index (χ1) is 8.79. The largest absolute Gasteiger partial charge is 0.399 e. The highest BCUT2D eigenvalue weighted by molar-refractivity contribution is 7.89. The minimum atomic E-state index is -3.74. The van der Waals surface area contributed by atoms with E-state index in [0.717, 1.165) is 13.0 Å². The molecule has 0 radical (unpaired) electrons. The van der Waals surface area contributed by atoms with Crippen LogP contribution in [0.5, 0.6) is 0 Å². The molecule has 0 aromatic heterocycles. The predicted molar refractivity (Wildman–Crippen MR) is 77.1 cm³/mol. The minimum Gasteiger partial charge on any atom is -0.399 e. The number of likely N-dealkylation sites (tertiary alicyclic amines) is 1. The van der Waals surface area contributed by atoms with Crippen LogP contribution in [-0.4, -0.2) is 39.5 Å². The number of halogens is 2. The van der Waals surface area contributed by atoms with E-state index in [4.69, 9.17) is 28.9 Å². The summed E-state index contributed by atoms with van der Waals surface area (Å²) in [6.07, 6.45) is 0.764. The van der Waals surface area contributed by atoms with Crippen LogP contribution < -0.4 is 10.5 Å². The van der Waals surface area contributed by atoms with Gasteiger partial charge in [0.05, 0.1) is 10.0 Å². The molecule has 0 bridgehead atoms. The SMILES string of the molecule is CN1CCC(NS(=O)(=O)c2c(Cl)cc(N)cc2Cl)C1. The van der Waals surface area contributed by atoms with Gasteiger partial charge in [0, 0.05) is 18.3 Å². The molecule has 1 aliphatic rings. The van der Waals surface area contributed by atoms with Crippen molar-refractivity contribution in [3.8, 4) is 0 Å². The summed E-state index contributed by atoms with van der Waals surface area (Å²) in [7, 11) is -1.80. The van der Waals surface area contributed by atoms with Gasteiger partial charge >= 0.3 is 0 Å². The lowest BCUT2D eigenvalue weighted by Crippen LogP contribution is -2.36. The van der Waals surface area contributed by atoms with Gasteiger partial charge in [0.15, 0.2) is 0 Å². The summed E-state index contributed by atoms with van der Waals surface area (Å²) in [4.78, 5) is 1.94. The normalized spacial score (nSPS) is 20.9. The van der Waals surface area contributed by atoms with E-state index in [2.05, 4.69) is 9.62 Å². The van der Waals surface area contributed by atoms with Gasteiger partial charge in [-0.1, -0.05) is 23.2 Å². The predicted octanol–water partition coefficient (Wildman–Crippen LogP) is 1.56. The lowest BCUT2D eigenvalue weighted by Gasteiger charge is -2.15. The molecular weight excluding hydrogens is 309 g/mol. The molecule has 0 amide bonds. The van der Waals surface area contributed by atoms with Crippen molar-refractivity contribution in [2.24, 2.45) is 0 Å². The molecular formula is C11H15Cl2N3O2S. The van der Waals surface area contributed by atoms with Gasteiger partial charge < -0.3 is 10.6 Å². The monoisotopic (exact) mass is 323 g/mol. The Morgan fingerprint density at radius 3 is 2.42 bits per heavy atom. The van der Waals surface area contributed by atoms with Crippen molar-refractivity contribution in [3.05, 3.63) is 22.2 Å². The van der Waals surface area contributed by atoms with E-state index in [1.54, 1.807) is 0 Å². The number of nitrogen functional groups attached to an aromatic ring is 1. The quantitative estimate of drug-likeness (QED) is 0.828. The lowest BCUT2D eigenvalue weighted by atomic mass is 10.3. The van der Waals surface area contributed by atoms with Crippen LogP contribution in [0.15, 0.2) is 17.0 Å². The molecule has 1 fully saturated rings. The van der Waals surface area contributed by atoms with Crippen LogP contribution in [0.1, 0.15) is 6.42 Å². The number of anilines is 1. The lowest BCUT2D eigenvalue weighted by molar-refractivity contribution is 0.407. The second kappa shape index (κ2) is 5.46. The molecule has 8 heteroatoms. The third-order valence-corrected chi connectivity index (χ3v) is 5.44. The standard InChI is InChI=1S/C11H15Cl2N3O2S/c1-16-3-2-8(6-16)15-19(17,18)11-9(12)4-7(14)5-10(11)13/h4-5,8,15H,2-3,6,14H2,1H3. The Hall–Kier alpha value is -0.530. The zero-order valence-electron chi connectivity index (χ0n) is 10.4. The third-order valence-electron chi connectivity index (χ3n) is 3.00. The van der Waals surface area contributed by atoms with Gasteiger partial charge in [-0.3, -0.25) is 0 Å². The Bertz CT molecular complexity index is 569. The third kappa shape index (κ3) is 3.32. The van der Waals surface area contributed by atoms with Crippen molar-refractivity contribution < 1.29 is 8.42 Å². The number of likely N-dealkylation sites (N-methyl/N-ethyl adjacent to an activating group) is 1. The van der Waals surface area contributed by atoms with Gasteiger partial charge in [0.1, 0.15) is 4.90 Å². The first kappa shape index (κ1) is 14.9. The summed E-state index contributed by atoms with van der Waals surface area (Å²) in [5.41, 5.74) is 5.89. The highest BCUT2D eigenvalue weighted by Gasteiger charge is 2.28. The molecule has 1 saturated heterocycles. The van der Waals surface area contributed by atoms with Crippen LogP contribution in [0.25, 0.3) is 0 Å². The molecule has 0 aliphatic carbocycles. The summed E-state index contributed by atoms with van der Waals surface area (Å²) in [6, 6.07) is 2.63. The molecule has 1 unspecified atom stereocenters. The number of hydrogen-bond acceptors (Lipinski definition) is 4. The fourth-order valence-corrected chi connectivity index (χ4v) is 4.64. The van der Waals surface area contributed by atoms with E-state index < -0.39 is 10.0 Å². The molecule has 1 heterocycles. The first-order valence-corrected chi connectivity index (χ1v) is 7.99. The van der Waals surface area contributed by atoms with Crippen molar-refractivity contribution in [3.63, 3.8) is 0 Å². The average molecular weight is 324 g/mol. The molecule has 1 aromatic carbocycles.